The van der Waals surface area contributed by atoms with E-state index < -0.39 is 0 Å². The van der Waals surface area contributed by atoms with Gasteiger partial charge in [0.2, 0.25) is 5.82 Å². The number of para-hydroxylation sites is 1. The molecule has 7 heteroatoms. The minimum Gasteiger partial charge on any atom is -0.336 e. The van der Waals surface area contributed by atoms with Gasteiger partial charge in [-0.1, -0.05) is 37.6 Å². The Morgan fingerprint density at radius 1 is 1.29 bits per heavy atom. The van der Waals surface area contributed by atoms with Crippen LogP contribution < -0.4 is 0 Å². The number of benzene rings is 1. The summed E-state index contributed by atoms with van der Waals surface area (Å²) >= 11 is 6.39. The van der Waals surface area contributed by atoms with Gasteiger partial charge in [0.15, 0.2) is 0 Å². The average molecular weight is 402 g/mol. The Kier molecular flexibility index (Phi) is 5.43. The van der Waals surface area contributed by atoms with Gasteiger partial charge in [0.1, 0.15) is 5.82 Å². The first-order valence-corrected chi connectivity index (χ1v) is 10.6. The highest BCUT2D eigenvalue weighted by Crippen LogP contribution is 2.40. The van der Waals surface area contributed by atoms with E-state index in [4.69, 9.17) is 11.6 Å². The molecule has 1 aliphatic carbocycles. The Bertz CT molecular complexity index is 862. The molecule has 1 saturated carbocycles. The maximum atomic E-state index is 13.2. The second kappa shape index (κ2) is 7.84. The van der Waals surface area contributed by atoms with Crippen molar-refractivity contribution in [3.05, 3.63) is 40.9 Å². The van der Waals surface area contributed by atoms with E-state index in [0.717, 1.165) is 50.4 Å². The van der Waals surface area contributed by atoms with E-state index in [9.17, 15) is 4.79 Å². The molecule has 1 aliphatic heterocycles. The quantitative estimate of drug-likeness (QED) is 0.768. The van der Waals surface area contributed by atoms with Crippen molar-refractivity contribution in [1.29, 1.82) is 0 Å². The smallest absolute Gasteiger partial charge is 0.293 e. The number of hydrogen-bond acceptors (Lipinski definition) is 4. The number of halogens is 1. The Morgan fingerprint density at radius 3 is 2.68 bits per heavy atom. The van der Waals surface area contributed by atoms with Crippen LogP contribution in [0.5, 0.6) is 0 Å². The van der Waals surface area contributed by atoms with Gasteiger partial charge >= 0.3 is 0 Å². The number of amides is 1. The van der Waals surface area contributed by atoms with Gasteiger partial charge in [-0.05, 0) is 43.9 Å². The number of hydrogen-bond donors (Lipinski definition) is 0. The molecule has 2 fully saturated rings. The van der Waals surface area contributed by atoms with Crippen LogP contribution in [0.3, 0.4) is 0 Å². The van der Waals surface area contributed by atoms with Crippen molar-refractivity contribution in [2.45, 2.75) is 45.1 Å². The molecule has 1 aromatic heterocycles. The molecule has 1 saturated heterocycles. The van der Waals surface area contributed by atoms with E-state index in [1.54, 1.807) is 4.68 Å². The minimum atomic E-state index is -0.102. The zero-order chi connectivity index (χ0) is 19.8. The van der Waals surface area contributed by atoms with Crippen molar-refractivity contribution in [1.82, 2.24) is 24.6 Å². The number of carbonyl (C=O) groups excluding carboxylic acids is 1. The van der Waals surface area contributed by atoms with E-state index in [2.05, 4.69) is 28.8 Å². The Hall–Kier alpha value is -1.92. The van der Waals surface area contributed by atoms with Crippen LogP contribution in [0.1, 0.15) is 55.5 Å². The van der Waals surface area contributed by atoms with Crippen molar-refractivity contribution >= 4 is 17.5 Å². The summed E-state index contributed by atoms with van der Waals surface area (Å²) in [6.45, 7) is 7.52. The molecule has 2 atom stereocenters. The molecular weight excluding hydrogens is 374 g/mol. The monoisotopic (exact) mass is 401 g/mol. The zero-order valence-corrected chi connectivity index (χ0v) is 17.6. The molecule has 0 N–H and O–H groups in total. The van der Waals surface area contributed by atoms with Crippen molar-refractivity contribution in [2.24, 2.45) is 5.92 Å². The number of nitrogens with zero attached hydrogens (tertiary/aromatic N) is 5. The van der Waals surface area contributed by atoms with Crippen LogP contribution in [-0.4, -0.2) is 63.2 Å². The number of aromatic nitrogens is 3. The van der Waals surface area contributed by atoms with Crippen LogP contribution in [0.15, 0.2) is 24.3 Å². The molecule has 150 valence electrons. The van der Waals surface area contributed by atoms with Crippen molar-refractivity contribution in [3.8, 4) is 5.69 Å². The molecule has 1 amide bonds. The molecule has 2 aromatic rings. The lowest BCUT2D eigenvalue weighted by molar-refractivity contribution is 0.0510. The van der Waals surface area contributed by atoms with Gasteiger partial charge < -0.3 is 9.80 Å². The molecule has 1 aromatic carbocycles. The number of rotatable bonds is 5. The predicted molar refractivity (Wildman–Crippen MR) is 110 cm³/mol. The molecular formula is C21H28ClN5O. The van der Waals surface area contributed by atoms with Gasteiger partial charge in [0, 0.05) is 32.1 Å². The second-order valence-corrected chi connectivity index (χ2v) is 8.48. The molecule has 0 radical (unpaired) electrons. The first-order chi connectivity index (χ1) is 13.5. The van der Waals surface area contributed by atoms with Crippen LogP contribution >= 0.6 is 11.6 Å². The molecule has 28 heavy (non-hydrogen) atoms. The third kappa shape index (κ3) is 3.67. The van der Waals surface area contributed by atoms with Crippen LogP contribution in [0.2, 0.25) is 5.02 Å². The maximum Gasteiger partial charge on any atom is 0.293 e. The zero-order valence-electron chi connectivity index (χ0n) is 16.8. The summed E-state index contributed by atoms with van der Waals surface area (Å²) < 4.78 is 1.77. The lowest BCUT2D eigenvalue weighted by atomic mass is 9.92. The number of piperidine rings is 1. The fraction of sp³-hybridized carbons (Fsp3) is 0.571. The summed E-state index contributed by atoms with van der Waals surface area (Å²) in [6.07, 6.45) is 3.15. The first-order valence-electron chi connectivity index (χ1n) is 10.2. The first kappa shape index (κ1) is 19.4. The second-order valence-electron chi connectivity index (χ2n) is 8.07. The van der Waals surface area contributed by atoms with Crippen LogP contribution in [0, 0.1) is 5.92 Å². The van der Waals surface area contributed by atoms with Crippen LogP contribution in [0.25, 0.3) is 5.69 Å². The number of likely N-dealkylation sites (tertiary alicyclic amines) is 1. The lowest BCUT2D eigenvalue weighted by Crippen LogP contribution is -2.50. The summed E-state index contributed by atoms with van der Waals surface area (Å²) in [7, 11) is 1.89. The summed E-state index contributed by atoms with van der Waals surface area (Å²) in [4.78, 5) is 22.1. The molecule has 6 nitrogen and oxygen atoms in total. The van der Waals surface area contributed by atoms with Gasteiger partial charge in [-0.15, -0.1) is 5.10 Å². The molecule has 0 bridgehead atoms. The third-order valence-corrected chi connectivity index (χ3v) is 6.38. The Balaban J connectivity index is 1.60. The van der Waals surface area contributed by atoms with Gasteiger partial charge in [0.25, 0.3) is 5.91 Å². The van der Waals surface area contributed by atoms with Crippen molar-refractivity contribution < 1.29 is 4.79 Å². The third-order valence-electron chi connectivity index (χ3n) is 6.06. The van der Waals surface area contributed by atoms with Gasteiger partial charge in [-0.25, -0.2) is 9.67 Å². The molecule has 2 unspecified atom stereocenters. The highest BCUT2D eigenvalue weighted by molar-refractivity contribution is 6.32. The minimum absolute atomic E-state index is 0.102. The fourth-order valence-electron chi connectivity index (χ4n) is 4.21. The van der Waals surface area contributed by atoms with Crippen molar-refractivity contribution in [2.75, 3.05) is 26.7 Å². The standard InChI is InChI=1S/C21H28ClN5O/c1-4-26-12-11-17(14(2)13-26)25(3)21(28)19-23-20(15-9-10-15)27(24-19)18-8-6-5-7-16(18)22/h5-8,14-15,17H,4,9-13H2,1-3H3. The summed E-state index contributed by atoms with van der Waals surface area (Å²) in [5.41, 5.74) is 0.782. The van der Waals surface area contributed by atoms with E-state index in [0.29, 0.717) is 16.9 Å². The van der Waals surface area contributed by atoms with Gasteiger partial charge in [-0.3, -0.25) is 4.79 Å². The average Bonchev–Trinajstić information content (AvgIpc) is 3.46. The highest BCUT2D eigenvalue weighted by Gasteiger charge is 2.35. The Labute approximate surface area is 171 Å². The topological polar surface area (TPSA) is 54.3 Å². The maximum absolute atomic E-state index is 13.2. The predicted octanol–water partition coefficient (Wildman–Crippen LogP) is 3.60. The lowest BCUT2D eigenvalue weighted by Gasteiger charge is -2.40. The van der Waals surface area contributed by atoms with E-state index in [1.165, 1.54) is 0 Å². The van der Waals surface area contributed by atoms with E-state index in [1.807, 2.05) is 36.2 Å². The summed E-state index contributed by atoms with van der Waals surface area (Å²) in [5.74, 6) is 1.81. The normalized spacial score (nSPS) is 23.0. The molecule has 0 spiro atoms. The van der Waals surface area contributed by atoms with E-state index in [-0.39, 0.29) is 17.8 Å². The Morgan fingerprint density at radius 2 is 2.04 bits per heavy atom. The highest BCUT2D eigenvalue weighted by atomic mass is 35.5. The molecule has 2 aliphatic rings. The van der Waals surface area contributed by atoms with Gasteiger partial charge in [-0.2, -0.15) is 0 Å². The van der Waals surface area contributed by atoms with Crippen LogP contribution in [0.4, 0.5) is 0 Å². The molecule has 2 heterocycles. The molecule has 4 rings (SSSR count). The van der Waals surface area contributed by atoms with Crippen molar-refractivity contribution in [3.63, 3.8) is 0 Å². The largest absolute Gasteiger partial charge is 0.336 e. The van der Waals surface area contributed by atoms with Gasteiger partial charge in [0.05, 0.1) is 10.7 Å². The summed E-state index contributed by atoms with van der Waals surface area (Å²) in [6, 6.07) is 7.79. The van der Waals surface area contributed by atoms with Crippen LogP contribution in [-0.2, 0) is 0 Å². The van der Waals surface area contributed by atoms with E-state index >= 15 is 0 Å². The number of carbonyl (C=O) groups is 1. The summed E-state index contributed by atoms with van der Waals surface area (Å²) in [5, 5.41) is 5.21. The fourth-order valence-corrected chi connectivity index (χ4v) is 4.43. The SMILES string of the molecule is CCN1CCC(N(C)C(=O)c2nc(C3CC3)n(-c3ccccc3Cl)n2)C(C)C1.